The Morgan fingerprint density at radius 1 is 1.25 bits per heavy atom. The third-order valence-corrected chi connectivity index (χ3v) is 4.14. The number of nitro benzene ring substituents is 1. The smallest absolute Gasteiger partial charge is 0.311 e. The summed E-state index contributed by atoms with van der Waals surface area (Å²) >= 11 is 0. The Kier molecular flexibility index (Phi) is 6.28. The Labute approximate surface area is 140 Å². The number of nitro groups is 1. The molecule has 0 spiro atoms. The predicted octanol–water partition coefficient (Wildman–Crippen LogP) is 3.02. The lowest BCUT2D eigenvalue weighted by molar-refractivity contribution is -0.385. The van der Waals surface area contributed by atoms with E-state index in [1.54, 1.807) is 0 Å². The Morgan fingerprint density at radius 2 is 1.92 bits per heavy atom. The molecule has 1 fully saturated rings. The van der Waals surface area contributed by atoms with Crippen molar-refractivity contribution in [1.82, 2.24) is 5.32 Å². The molecule has 0 heterocycles. The molecule has 0 radical (unpaired) electrons. The number of hydrogen-bond donors (Lipinski definition) is 1. The summed E-state index contributed by atoms with van der Waals surface area (Å²) in [7, 11) is 0. The minimum atomic E-state index is -0.620. The van der Waals surface area contributed by atoms with Crippen molar-refractivity contribution in [3.8, 4) is 5.75 Å². The SMILES string of the molecule is CC(=O)c1ccc(OCC(=O)NC2CCCCCC2)c([N+](=O)[O-])c1. The van der Waals surface area contributed by atoms with E-state index >= 15 is 0 Å². The second-order valence-corrected chi connectivity index (χ2v) is 6.04. The van der Waals surface area contributed by atoms with Gasteiger partial charge in [-0.25, -0.2) is 0 Å². The molecule has 1 amide bonds. The van der Waals surface area contributed by atoms with Crippen molar-refractivity contribution in [3.63, 3.8) is 0 Å². The van der Waals surface area contributed by atoms with E-state index in [9.17, 15) is 19.7 Å². The molecule has 0 unspecified atom stereocenters. The van der Waals surface area contributed by atoms with Gasteiger partial charge in [-0.15, -0.1) is 0 Å². The normalized spacial score (nSPS) is 15.4. The van der Waals surface area contributed by atoms with Crippen LogP contribution in [0.5, 0.6) is 5.75 Å². The molecule has 1 N–H and O–H groups in total. The number of nitrogens with one attached hydrogen (secondary N) is 1. The summed E-state index contributed by atoms with van der Waals surface area (Å²) < 4.78 is 5.30. The monoisotopic (exact) mass is 334 g/mol. The fourth-order valence-corrected chi connectivity index (χ4v) is 2.84. The standard InChI is InChI=1S/C17H22N2O5/c1-12(20)13-8-9-16(15(10-13)19(22)23)24-11-17(21)18-14-6-4-2-3-5-7-14/h8-10,14H,2-7,11H2,1H3,(H,18,21). The molecule has 2 rings (SSSR count). The third kappa shape index (κ3) is 5.04. The molecule has 1 aliphatic carbocycles. The van der Waals surface area contributed by atoms with Crippen LogP contribution in [0, 0.1) is 10.1 Å². The van der Waals surface area contributed by atoms with Crippen LogP contribution in [-0.2, 0) is 4.79 Å². The number of hydrogen-bond acceptors (Lipinski definition) is 5. The van der Waals surface area contributed by atoms with Crippen LogP contribution in [0.25, 0.3) is 0 Å². The molecule has 0 atom stereocenters. The third-order valence-electron chi connectivity index (χ3n) is 4.14. The van der Waals surface area contributed by atoms with Gasteiger partial charge in [-0.1, -0.05) is 25.7 Å². The van der Waals surface area contributed by atoms with Gasteiger partial charge in [0.25, 0.3) is 5.91 Å². The largest absolute Gasteiger partial charge is 0.477 e. The summed E-state index contributed by atoms with van der Waals surface area (Å²) in [5.74, 6) is -0.566. The number of carbonyl (C=O) groups excluding carboxylic acids is 2. The summed E-state index contributed by atoms with van der Waals surface area (Å²) in [6, 6.07) is 4.13. The van der Waals surface area contributed by atoms with Gasteiger partial charge in [-0.05, 0) is 31.9 Å². The molecule has 0 aromatic heterocycles. The zero-order valence-corrected chi connectivity index (χ0v) is 13.7. The van der Waals surface area contributed by atoms with E-state index in [-0.39, 0.29) is 41.3 Å². The highest BCUT2D eigenvalue weighted by Gasteiger charge is 2.19. The number of amides is 1. The Hall–Kier alpha value is -2.44. The quantitative estimate of drug-likeness (QED) is 0.373. The first-order chi connectivity index (χ1) is 11.5. The maximum atomic E-state index is 12.0. The molecular weight excluding hydrogens is 312 g/mol. The summed E-state index contributed by atoms with van der Waals surface area (Å²) in [6.07, 6.45) is 6.50. The van der Waals surface area contributed by atoms with Gasteiger partial charge in [-0.2, -0.15) is 0 Å². The molecule has 7 nitrogen and oxygen atoms in total. The minimum absolute atomic E-state index is 0.0129. The highest BCUT2D eigenvalue weighted by atomic mass is 16.6. The number of carbonyl (C=O) groups is 2. The van der Waals surface area contributed by atoms with E-state index in [4.69, 9.17) is 4.74 Å². The average Bonchev–Trinajstić information content (AvgIpc) is 2.81. The Morgan fingerprint density at radius 3 is 2.50 bits per heavy atom. The molecule has 0 aliphatic heterocycles. The first kappa shape index (κ1) is 17.9. The first-order valence-electron chi connectivity index (χ1n) is 8.19. The van der Waals surface area contributed by atoms with Gasteiger partial charge in [0.15, 0.2) is 18.1 Å². The van der Waals surface area contributed by atoms with Gasteiger partial charge in [-0.3, -0.25) is 19.7 Å². The maximum Gasteiger partial charge on any atom is 0.311 e. The maximum absolute atomic E-state index is 12.0. The number of Topliss-reactive ketones (excluding diaryl/α,β-unsaturated/α-hetero) is 1. The van der Waals surface area contributed by atoms with Crippen LogP contribution in [0.15, 0.2) is 18.2 Å². The Balaban J connectivity index is 1.96. The molecule has 1 aliphatic rings. The second-order valence-electron chi connectivity index (χ2n) is 6.04. The van der Waals surface area contributed by atoms with Gasteiger partial charge in [0.2, 0.25) is 0 Å². The van der Waals surface area contributed by atoms with E-state index in [0.717, 1.165) is 25.7 Å². The van der Waals surface area contributed by atoms with Gasteiger partial charge < -0.3 is 10.1 Å². The first-order valence-corrected chi connectivity index (χ1v) is 8.19. The van der Waals surface area contributed by atoms with Crippen molar-refractivity contribution < 1.29 is 19.2 Å². The van der Waals surface area contributed by atoms with Crippen LogP contribution in [0.2, 0.25) is 0 Å². The van der Waals surface area contributed by atoms with Gasteiger partial charge in [0, 0.05) is 17.7 Å². The fourth-order valence-electron chi connectivity index (χ4n) is 2.84. The lowest BCUT2D eigenvalue weighted by atomic mass is 10.1. The van der Waals surface area contributed by atoms with Gasteiger partial charge >= 0.3 is 5.69 Å². The van der Waals surface area contributed by atoms with E-state index in [1.807, 2.05) is 0 Å². The molecule has 0 saturated heterocycles. The molecule has 1 aromatic carbocycles. The molecule has 1 saturated carbocycles. The van der Waals surface area contributed by atoms with Crippen LogP contribution < -0.4 is 10.1 Å². The molecule has 1 aromatic rings. The highest BCUT2D eigenvalue weighted by Crippen LogP contribution is 2.28. The summed E-state index contributed by atoms with van der Waals surface area (Å²) in [5.41, 5.74) is -0.0816. The zero-order valence-electron chi connectivity index (χ0n) is 13.7. The molecule has 24 heavy (non-hydrogen) atoms. The zero-order chi connectivity index (χ0) is 17.5. The summed E-state index contributed by atoms with van der Waals surface area (Å²) in [4.78, 5) is 33.8. The van der Waals surface area contributed by atoms with Crippen LogP contribution in [-0.4, -0.2) is 29.3 Å². The van der Waals surface area contributed by atoms with E-state index in [0.29, 0.717) is 0 Å². The van der Waals surface area contributed by atoms with Crippen LogP contribution in [0.1, 0.15) is 55.8 Å². The molecular formula is C17H22N2O5. The van der Waals surface area contributed by atoms with Gasteiger partial charge in [0.05, 0.1) is 4.92 Å². The van der Waals surface area contributed by atoms with Gasteiger partial charge in [0.1, 0.15) is 0 Å². The van der Waals surface area contributed by atoms with Crippen molar-refractivity contribution in [3.05, 3.63) is 33.9 Å². The number of rotatable bonds is 6. The van der Waals surface area contributed by atoms with Crippen LogP contribution in [0.4, 0.5) is 5.69 Å². The molecule has 0 bridgehead atoms. The number of ether oxygens (including phenoxy) is 1. The predicted molar refractivity (Wildman–Crippen MR) is 88.2 cm³/mol. The van der Waals surface area contributed by atoms with Crippen molar-refractivity contribution in [2.45, 2.75) is 51.5 Å². The van der Waals surface area contributed by atoms with Crippen molar-refractivity contribution >= 4 is 17.4 Å². The summed E-state index contributed by atoms with van der Waals surface area (Å²) in [6.45, 7) is 1.05. The number of nitrogens with zero attached hydrogens (tertiary/aromatic N) is 1. The van der Waals surface area contributed by atoms with Crippen molar-refractivity contribution in [1.29, 1.82) is 0 Å². The van der Waals surface area contributed by atoms with E-state index in [1.165, 1.54) is 38.0 Å². The number of ketones is 1. The van der Waals surface area contributed by atoms with Crippen molar-refractivity contribution in [2.75, 3.05) is 6.61 Å². The fraction of sp³-hybridized carbons (Fsp3) is 0.529. The van der Waals surface area contributed by atoms with E-state index in [2.05, 4.69) is 5.32 Å². The van der Waals surface area contributed by atoms with Crippen LogP contribution >= 0.6 is 0 Å². The number of benzene rings is 1. The van der Waals surface area contributed by atoms with Crippen LogP contribution in [0.3, 0.4) is 0 Å². The lowest BCUT2D eigenvalue weighted by Gasteiger charge is -2.16. The summed E-state index contributed by atoms with van der Waals surface area (Å²) in [5, 5.41) is 14.0. The molecule has 130 valence electrons. The lowest BCUT2D eigenvalue weighted by Crippen LogP contribution is -2.37. The average molecular weight is 334 g/mol. The highest BCUT2D eigenvalue weighted by molar-refractivity contribution is 5.95. The van der Waals surface area contributed by atoms with E-state index < -0.39 is 4.92 Å². The topological polar surface area (TPSA) is 98.5 Å². The Bertz CT molecular complexity index is 621. The molecule has 7 heteroatoms. The minimum Gasteiger partial charge on any atom is -0.477 e. The second kappa shape index (κ2) is 8.42. The van der Waals surface area contributed by atoms with Crippen molar-refractivity contribution in [2.24, 2.45) is 0 Å².